The first-order valence-electron chi connectivity index (χ1n) is 7.94. The highest BCUT2D eigenvalue weighted by Crippen LogP contribution is 2.23. The Bertz CT molecular complexity index is 298. The zero-order chi connectivity index (χ0) is 14.0. The van der Waals surface area contributed by atoms with Crippen LogP contribution in [0.5, 0.6) is 0 Å². The van der Waals surface area contributed by atoms with Gasteiger partial charge >= 0.3 is 0 Å². The van der Waals surface area contributed by atoms with Crippen LogP contribution in [0.4, 0.5) is 0 Å². The number of amides is 1. The van der Waals surface area contributed by atoms with E-state index in [0.717, 1.165) is 38.0 Å². The van der Waals surface area contributed by atoms with Crippen molar-refractivity contribution in [1.82, 2.24) is 9.80 Å². The van der Waals surface area contributed by atoms with Gasteiger partial charge in [-0.1, -0.05) is 27.7 Å². The molecule has 19 heavy (non-hydrogen) atoms. The van der Waals surface area contributed by atoms with E-state index >= 15 is 0 Å². The van der Waals surface area contributed by atoms with Gasteiger partial charge < -0.3 is 4.90 Å². The van der Waals surface area contributed by atoms with Gasteiger partial charge in [0.05, 0.1) is 6.54 Å². The molecule has 0 saturated carbocycles. The summed E-state index contributed by atoms with van der Waals surface area (Å²) >= 11 is 0. The van der Waals surface area contributed by atoms with E-state index in [9.17, 15) is 4.79 Å². The molecule has 2 heterocycles. The molecular formula is C16H30N2O. The lowest BCUT2D eigenvalue weighted by Crippen LogP contribution is -2.49. The average molecular weight is 266 g/mol. The first kappa shape index (κ1) is 14.8. The van der Waals surface area contributed by atoms with E-state index in [1.54, 1.807) is 0 Å². The lowest BCUT2D eigenvalue weighted by Gasteiger charge is -2.38. The summed E-state index contributed by atoms with van der Waals surface area (Å²) < 4.78 is 0. The Labute approximate surface area is 118 Å². The molecule has 0 aliphatic carbocycles. The summed E-state index contributed by atoms with van der Waals surface area (Å²) in [5.74, 6) is 3.13. The van der Waals surface area contributed by atoms with Gasteiger partial charge in [0.25, 0.3) is 0 Å². The molecule has 0 bridgehead atoms. The molecule has 3 nitrogen and oxygen atoms in total. The Hall–Kier alpha value is -0.570. The van der Waals surface area contributed by atoms with Crippen LogP contribution in [0.15, 0.2) is 0 Å². The highest BCUT2D eigenvalue weighted by molar-refractivity contribution is 5.78. The van der Waals surface area contributed by atoms with Gasteiger partial charge in [-0.25, -0.2) is 0 Å². The fourth-order valence-corrected chi connectivity index (χ4v) is 4.08. The zero-order valence-electron chi connectivity index (χ0n) is 13.1. The first-order chi connectivity index (χ1) is 8.94. The molecule has 0 aromatic heterocycles. The van der Waals surface area contributed by atoms with Gasteiger partial charge in [0.2, 0.25) is 5.91 Å². The fourth-order valence-electron chi connectivity index (χ4n) is 4.08. The van der Waals surface area contributed by atoms with E-state index in [4.69, 9.17) is 0 Å². The second-order valence-corrected chi connectivity index (χ2v) is 7.38. The van der Waals surface area contributed by atoms with Crippen LogP contribution >= 0.6 is 0 Å². The Balaban J connectivity index is 1.86. The molecule has 2 rings (SSSR count). The predicted octanol–water partition coefficient (Wildman–Crippen LogP) is 2.47. The molecule has 1 amide bonds. The number of likely N-dealkylation sites (tertiary alicyclic amines) is 2. The minimum Gasteiger partial charge on any atom is -0.341 e. The van der Waals surface area contributed by atoms with Gasteiger partial charge in [0.15, 0.2) is 0 Å². The molecular weight excluding hydrogens is 236 g/mol. The summed E-state index contributed by atoms with van der Waals surface area (Å²) in [6.45, 7) is 13.9. The Kier molecular flexibility index (Phi) is 4.88. The van der Waals surface area contributed by atoms with E-state index in [1.165, 1.54) is 12.8 Å². The smallest absolute Gasteiger partial charge is 0.236 e. The second-order valence-electron chi connectivity index (χ2n) is 7.38. The van der Waals surface area contributed by atoms with Gasteiger partial charge in [-0.2, -0.15) is 0 Å². The molecule has 0 N–H and O–H groups in total. The van der Waals surface area contributed by atoms with Crippen molar-refractivity contribution in [3.63, 3.8) is 0 Å². The quantitative estimate of drug-likeness (QED) is 0.766. The third kappa shape index (κ3) is 4.20. The number of rotatable bonds is 2. The summed E-state index contributed by atoms with van der Waals surface area (Å²) in [5.41, 5.74) is 0. The molecule has 4 unspecified atom stereocenters. The largest absolute Gasteiger partial charge is 0.341 e. The highest BCUT2D eigenvalue weighted by atomic mass is 16.2. The van der Waals surface area contributed by atoms with Crippen molar-refractivity contribution in [2.75, 3.05) is 32.7 Å². The number of hydrogen-bond donors (Lipinski definition) is 0. The van der Waals surface area contributed by atoms with E-state index in [2.05, 4.69) is 37.5 Å². The molecule has 0 aromatic rings. The lowest BCUT2D eigenvalue weighted by molar-refractivity contribution is -0.135. The average Bonchev–Trinajstić information content (AvgIpc) is 2.25. The minimum absolute atomic E-state index is 0.347. The van der Waals surface area contributed by atoms with Crippen molar-refractivity contribution >= 4 is 5.91 Å². The maximum Gasteiger partial charge on any atom is 0.236 e. The molecule has 3 heteroatoms. The topological polar surface area (TPSA) is 23.6 Å². The van der Waals surface area contributed by atoms with E-state index in [-0.39, 0.29) is 0 Å². The second kappa shape index (κ2) is 6.25. The maximum atomic E-state index is 12.5. The first-order valence-corrected chi connectivity index (χ1v) is 7.94. The van der Waals surface area contributed by atoms with Gasteiger partial charge in [0.1, 0.15) is 0 Å². The maximum absolute atomic E-state index is 12.5. The van der Waals surface area contributed by atoms with Gasteiger partial charge in [-0.3, -0.25) is 9.69 Å². The molecule has 0 aromatic carbocycles. The minimum atomic E-state index is 0.347. The normalized spacial score (nSPS) is 37.4. The zero-order valence-corrected chi connectivity index (χ0v) is 13.1. The summed E-state index contributed by atoms with van der Waals surface area (Å²) in [7, 11) is 0. The van der Waals surface area contributed by atoms with E-state index in [0.29, 0.717) is 24.3 Å². The molecule has 2 aliphatic rings. The van der Waals surface area contributed by atoms with Crippen LogP contribution < -0.4 is 0 Å². The van der Waals surface area contributed by atoms with Crippen LogP contribution in [-0.4, -0.2) is 48.4 Å². The molecule has 4 atom stereocenters. The van der Waals surface area contributed by atoms with Crippen molar-refractivity contribution in [2.24, 2.45) is 23.7 Å². The number of piperidine rings is 2. The van der Waals surface area contributed by atoms with Crippen LogP contribution in [0.3, 0.4) is 0 Å². The lowest BCUT2D eigenvalue weighted by atomic mass is 9.91. The van der Waals surface area contributed by atoms with Gasteiger partial charge in [-0.05, 0) is 36.5 Å². The standard InChI is InChI=1S/C16H30N2O/c1-12-5-13(2)8-17(7-12)11-16(19)18-9-14(3)6-15(4)10-18/h12-15H,5-11H2,1-4H3. The van der Waals surface area contributed by atoms with E-state index < -0.39 is 0 Å². The number of hydrogen-bond acceptors (Lipinski definition) is 2. The SMILES string of the molecule is CC1CC(C)CN(CC(=O)N2CC(C)CC(C)C2)C1. The van der Waals surface area contributed by atoms with Crippen molar-refractivity contribution in [2.45, 2.75) is 40.5 Å². The van der Waals surface area contributed by atoms with Crippen molar-refractivity contribution < 1.29 is 4.79 Å². The van der Waals surface area contributed by atoms with Crippen LogP contribution in [-0.2, 0) is 4.79 Å². The van der Waals surface area contributed by atoms with Crippen LogP contribution in [0.2, 0.25) is 0 Å². The predicted molar refractivity (Wildman–Crippen MR) is 78.9 cm³/mol. The fraction of sp³-hybridized carbons (Fsp3) is 0.938. The third-order valence-electron chi connectivity index (χ3n) is 4.52. The van der Waals surface area contributed by atoms with Gasteiger partial charge in [-0.15, -0.1) is 0 Å². The Morgan fingerprint density at radius 3 is 1.74 bits per heavy atom. The number of nitrogens with zero attached hydrogens (tertiary/aromatic N) is 2. The van der Waals surface area contributed by atoms with Crippen molar-refractivity contribution in [3.8, 4) is 0 Å². The molecule has 0 radical (unpaired) electrons. The monoisotopic (exact) mass is 266 g/mol. The van der Waals surface area contributed by atoms with Crippen molar-refractivity contribution in [1.29, 1.82) is 0 Å². The molecule has 2 saturated heterocycles. The van der Waals surface area contributed by atoms with Crippen LogP contribution in [0.25, 0.3) is 0 Å². The number of carbonyl (C=O) groups is 1. The van der Waals surface area contributed by atoms with E-state index in [1.807, 2.05) is 0 Å². The summed E-state index contributed by atoms with van der Waals surface area (Å²) in [5, 5.41) is 0. The molecule has 2 aliphatic heterocycles. The third-order valence-corrected chi connectivity index (χ3v) is 4.52. The van der Waals surface area contributed by atoms with Crippen LogP contribution in [0, 0.1) is 23.7 Å². The Morgan fingerprint density at radius 2 is 1.26 bits per heavy atom. The summed E-state index contributed by atoms with van der Waals surface area (Å²) in [6.07, 6.45) is 2.57. The molecule has 0 spiro atoms. The van der Waals surface area contributed by atoms with Crippen molar-refractivity contribution in [3.05, 3.63) is 0 Å². The molecule has 110 valence electrons. The van der Waals surface area contributed by atoms with Crippen LogP contribution in [0.1, 0.15) is 40.5 Å². The van der Waals surface area contributed by atoms with Gasteiger partial charge in [0, 0.05) is 26.2 Å². The highest BCUT2D eigenvalue weighted by Gasteiger charge is 2.28. The summed E-state index contributed by atoms with van der Waals surface area (Å²) in [4.78, 5) is 16.9. The summed E-state index contributed by atoms with van der Waals surface area (Å²) in [6, 6.07) is 0. The number of carbonyl (C=O) groups excluding carboxylic acids is 1. The molecule has 2 fully saturated rings. The Morgan fingerprint density at radius 1 is 0.842 bits per heavy atom.